The van der Waals surface area contributed by atoms with Crippen LogP contribution in [0.1, 0.15) is 21.3 Å². The van der Waals surface area contributed by atoms with E-state index in [0.717, 1.165) is 10.2 Å². The second kappa shape index (κ2) is 6.26. The van der Waals surface area contributed by atoms with E-state index < -0.39 is 5.92 Å². The number of hydrogen-bond donors (Lipinski definition) is 0. The molecule has 3 aromatic heterocycles. The Balaban J connectivity index is 1.71. The number of imidazole rings is 1. The third kappa shape index (κ3) is 2.79. The highest BCUT2D eigenvalue weighted by Crippen LogP contribution is 2.29. The summed E-state index contributed by atoms with van der Waals surface area (Å²) in [7, 11) is 0. The summed E-state index contributed by atoms with van der Waals surface area (Å²) in [5.74, 6) is -0.648. The zero-order chi connectivity index (χ0) is 17.2. The number of rotatable bonds is 4. The van der Waals surface area contributed by atoms with Crippen molar-refractivity contribution >= 4 is 27.3 Å². The molecule has 120 valence electrons. The predicted octanol–water partition coefficient (Wildman–Crippen LogP) is 3.37. The Bertz CT molecular complexity index is 1060. The van der Waals surface area contributed by atoms with Crippen molar-refractivity contribution < 1.29 is 4.79 Å². The summed E-state index contributed by atoms with van der Waals surface area (Å²) in [4.78, 5) is 25.5. The number of aromatic nitrogens is 4. The number of benzene rings is 1. The number of ketones is 1. The lowest BCUT2D eigenvalue weighted by Gasteiger charge is -2.07. The molecule has 0 amide bonds. The van der Waals surface area contributed by atoms with Crippen molar-refractivity contribution in [1.82, 2.24) is 19.5 Å². The lowest BCUT2D eigenvalue weighted by Crippen LogP contribution is -2.12. The molecule has 0 saturated heterocycles. The first-order valence-electron chi connectivity index (χ1n) is 7.50. The third-order valence-corrected chi connectivity index (χ3v) is 4.85. The molecule has 0 N–H and O–H groups in total. The maximum Gasteiger partial charge on any atom is 0.187 e. The quantitative estimate of drug-likeness (QED) is 0.529. The van der Waals surface area contributed by atoms with E-state index in [2.05, 4.69) is 21.0 Å². The van der Waals surface area contributed by atoms with Crippen molar-refractivity contribution in [2.75, 3.05) is 0 Å². The molecule has 0 saturated carbocycles. The molecule has 0 radical (unpaired) electrons. The minimum absolute atomic E-state index is 0.287. The van der Waals surface area contributed by atoms with Crippen molar-refractivity contribution in [3.8, 4) is 11.9 Å². The number of pyridine rings is 1. The van der Waals surface area contributed by atoms with Gasteiger partial charge in [-0.3, -0.25) is 9.36 Å². The molecular formula is C18H11N5OS. The van der Waals surface area contributed by atoms with Crippen LogP contribution in [0.2, 0.25) is 0 Å². The van der Waals surface area contributed by atoms with Crippen LogP contribution in [0.3, 0.4) is 0 Å². The topological polar surface area (TPSA) is 84.5 Å². The van der Waals surface area contributed by atoms with Gasteiger partial charge in [-0.1, -0.05) is 12.1 Å². The normalized spacial score (nSPS) is 12.0. The highest BCUT2D eigenvalue weighted by molar-refractivity contribution is 7.18. The maximum absolute atomic E-state index is 12.9. The summed E-state index contributed by atoms with van der Waals surface area (Å²) < 4.78 is 2.66. The standard InChI is InChI=1S/C18H11N5OS/c19-10-13(18-22-14-3-1-2-4-15(14)25-18)17(24)12-5-6-21-16(9-12)23-8-7-20-11-23/h1-9,11,13H/t13-/m0/s1. The minimum Gasteiger partial charge on any atom is -0.292 e. The monoisotopic (exact) mass is 345 g/mol. The van der Waals surface area contributed by atoms with E-state index in [1.54, 1.807) is 41.6 Å². The second-order valence-corrected chi connectivity index (χ2v) is 6.38. The summed E-state index contributed by atoms with van der Waals surface area (Å²) in [5.41, 5.74) is 1.22. The van der Waals surface area contributed by atoms with Crippen LogP contribution in [-0.2, 0) is 0 Å². The van der Waals surface area contributed by atoms with E-state index in [4.69, 9.17) is 0 Å². The molecule has 0 fully saturated rings. The molecule has 0 aliphatic heterocycles. The van der Waals surface area contributed by atoms with Gasteiger partial charge in [0.1, 0.15) is 17.2 Å². The fourth-order valence-corrected chi connectivity index (χ4v) is 3.53. The molecule has 4 aromatic rings. The molecule has 0 bridgehead atoms. The van der Waals surface area contributed by atoms with Gasteiger partial charge in [-0.05, 0) is 24.3 Å². The number of para-hydroxylation sites is 1. The molecule has 1 atom stereocenters. The summed E-state index contributed by atoms with van der Waals surface area (Å²) >= 11 is 1.37. The van der Waals surface area contributed by atoms with Gasteiger partial charge < -0.3 is 0 Å². The van der Waals surface area contributed by atoms with Crippen molar-refractivity contribution in [1.29, 1.82) is 5.26 Å². The molecule has 6 nitrogen and oxygen atoms in total. The maximum atomic E-state index is 12.9. The summed E-state index contributed by atoms with van der Waals surface area (Å²) in [6, 6.07) is 13.0. The van der Waals surface area contributed by atoms with Gasteiger partial charge in [0.15, 0.2) is 11.7 Å². The van der Waals surface area contributed by atoms with E-state index >= 15 is 0 Å². The number of nitrogens with zero attached hydrogens (tertiary/aromatic N) is 5. The summed E-state index contributed by atoms with van der Waals surface area (Å²) in [5, 5.41) is 10.1. The van der Waals surface area contributed by atoms with Crippen molar-refractivity contribution in [3.05, 3.63) is 71.9 Å². The van der Waals surface area contributed by atoms with E-state index in [1.807, 2.05) is 24.3 Å². The minimum atomic E-state index is -0.935. The fraction of sp³-hybridized carbons (Fsp3) is 0.0556. The van der Waals surface area contributed by atoms with Gasteiger partial charge in [-0.25, -0.2) is 15.0 Å². The number of Topliss-reactive ketones (excluding diaryl/α,β-unsaturated/α-hetero) is 1. The number of thiazole rings is 1. The molecular weight excluding hydrogens is 334 g/mol. The second-order valence-electron chi connectivity index (χ2n) is 5.32. The van der Waals surface area contributed by atoms with E-state index in [-0.39, 0.29) is 5.78 Å². The Labute approximate surface area is 147 Å². The Kier molecular flexibility index (Phi) is 3.80. The van der Waals surface area contributed by atoms with Gasteiger partial charge in [0.05, 0.1) is 16.3 Å². The smallest absolute Gasteiger partial charge is 0.187 e. The van der Waals surface area contributed by atoms with Crippen molar-refractivity contribution in [2.45, 2.75) is 5.92 Å². The zero-order valence-corrected chi connectivity index (χ0v) is 13.7. The Morgan fingerprint density at radius 3 is 2.88 bits per heavy atom. The van der Waals surface area contributed by atoms with E-state index in [0.29, 0.717) is 16.4 Å². The van der Waals surface area contributed by atoms with Crippen molar-refractivity contribution in [2.24, 2.45) is 0 Å². The number of carbonyl (C=O) groups excluding carboxylic acids is 1. The highest BCUT2D eigenvalue weighted by atomic mass is 32.1. The first kappa shape index (κ1) is 15.2. The Hall–Kier alpha value is -3.37. The highest BCUT2D eigenvalue weighted by Gasteiger charge is 2.25. The molecule has 0 aliphatic carbocycles. The van der Waals surface area contributed by atoms with Gasteiger partial charge in [-0.2, -0.15) is 5.26 Å². The van der Waals surface area contributed by atoms with Crippen molar-refractivity contribution in [3.63, 3.8) is 0 Å². The largest absolute Gasteiger partial charge is 0.292 e. The first-order chi connectivity index (χ1) is 12.3. The number of fused-ring (bicyclic) bond motifs is 1. The van der Waals surface area contributed by atoms with E-state index in [1.165, 1.54) is 11.3 Å². The summed E-state index contributed by atoms with van der Waals surface area (Å²) in [6.07, 6.45) is 6.53. The summed E-state index contributed by atoms with van der Waals surface area (Å²) in [6.45, 7) is 0. The molecule has 0 aliphatic rings. The van der Waals surface area contributed by atoms with Gasteiger partial charge in [0.25, 0.3) is 0 Å². The van der Waals surface area contributed by atoms with Crippen LogP contribution in [-0.4, -0.2) is 25.3 Å². The zero-order valence-electron chi connectivity index (χ0n) is 12.9. The van der Waals surface area contributed by atoms with Crippen LogP contribution in [0.5, 0.6) is 0 Å². The van der Waals surface area contributed by atoms with Crippen LogP contribution in [0.25, 0.3) is 16.0 Å². The average Bonchev–Trinajstić information content (AvgIpc) is 3.32. The van der Waals surface area contributed by atoms with E-state index in [9.17, 15) is 10.1 Å². The molecule has 7 heteroatoms. The van der Waals surface area contributed by atoms with Gasteiger partial charge in [0.2, 0.25) is 0 Å². The number of nitriles is 1. The lowest BCUT2D eigenvalue weighted by molar-refractivity contribution is 0.0978. The third-order valence-electron chi connectivity index (χ3n) is 3.75. The molecule has 0 spiro atoms. The molecule has 3 heterocycles. The molecule has 0 unspecified atom stereocenters. The predicted molar refractivity (Wildman–Crippen MR) is 93.7 cm³/mol. The number of carbonyl (C=O) groups is 1. The van der Waals surface area contributed by atoms with Crippen LogP contribution < -0.4 is 0 Å². The fourth-order valence-electron chi connectivity index (χ4n) is 2.51. The van der Waals surface area contributed by atoms with Crippen LogP contribution in [0, 0.1) is 11.3 Å². The van der Waals surface area contributed by atoms with Gasteiger partial charge in [-0.15, -0.1) is 11.3 Å². The van der Waals surface area contributed by atoms with Crippen LogP contribution in [0.4, 0.5) is 0 Å². The van der Waals surface area contributed by atoms with Crippen LogP contribution in [0.15, 0.2) is 61.3 Å². The Morgan fingerprint density at radius 2 is 2.12 bits per heavy atom. The van der Waals surface area contributed by atoms with Gasteiger partial charge >= 0.3 is 0 Å². The average molecular weight is 345 g/mol. The molecule has 4 rings (SSSR count). The van der Waals surface area contributed by atoms with Crippen LogP contribution >= 0.6 is 11.3 Å². The number of hydrogen-bond acceptors (Lipinski definition) is 6. The Morgan fingerprint density at radius 1 is 1.24 bits per heavy atom. The first-order valence-corrected chi connectivity index (χ1v) is 8.31. The van der Waals surface area contributed by atoms with Gasteiger partial charge in [0, 0.05) is 24.2 Å². The molecule has 25 heavy (non-hydrogen) atoms. The molecule has 1 aromatic carbocycles. The lowest BCUT2D eigenvalue weighted by atomic mass is 10.0. The SMILES string of the molecule is N#C[C@@H](C(=O)c1ccnc(-n2ccnc2)c1)c1nc2ccccc2s1.